The molecule has 0 unspecified atom stereocenters. The van der Waals surface area contributed by atoms with Crippen molar-refractivity contribution in [3.8, 4) is 5.75 Å². The zero-order valence-electron chi connectivity index (χ0n) is 9.03. The summed E-state index contributed by atoms with van der Waals surface area (Å²) in [6, 6.07) is 8.94. The number of ether oxygens (including phenoxy) is 1. The number of hydrogen-bond acceptors (Lipinski definition) is 2. The second-order valence-electron chi connectivity index (χ2n) is 3.65. The Balaban J connectivity index is 0.00000112. The minimum Gasteiger partial charge on any atom is -0.494 e. The molecule has 1 aliphatic rings. The van der Waals surface area contributed by atoms with E-state index < -0.39 is 0 Å². The van der Waals surface area contributed by atoms with Gasteiger partial charge in [-0.3, -0.25) is 0 Å². The molecule has 1 saturated heterocycles. The summed E-state index contributed by atoms with van der Waals surface area (Å²) in [4.78, 5) is 0. The summed E-state index contributed by atoms with van der Waals surface area (Å²) in [6.07, 6.45) is 2.53. The molecule has 0 radical (unpaired) electrons. The predicted octanol–water partition coefficient (Wildman–Crippen LogP) is 2.93. The van der Waals surface area contributed by atoms with Gasteiger partial charge < -0.3 is 10.1 Å². The fourth-order valence-corrected chi connectivity index (χ4v) is 1.96. The molecule has 1 N–H and O–H groups in total. The average molecular weight is 228 g/mol. The summed E-state index contributed by atoms with van der Waals surface area (Å²) < 4.78 is 5.48. The maximum Gasteiger partial charge on any atom is 0.119 e. The second kappa shape index (κ2) is 5.99. The van der Waals surface area contributed by atoms with Crippen molar-refractivity contribution in [2.75, 3.05) is 13.2 Å². The van der Waals surface area contributed by atoms with E-state index in [2.05, 4.69) is 23.5 Å². The Labute approximate surface area is 97.4 Å². The van der Waals surface area contributed by atoms with Gasteiger partial charge in [-0.25, -0.2) is 0 Å². The summed E-state index contributed by atoms with van der Waals surface area (Å²) in [5.74, 6) is 0.985. The molecular formula is C12H18ClNO. The van der Waals surface area contributed by atoms with Crippen molar-refractivity contribution >= 4 is 12.4 Å². The summed E-state index contributed by atoms with van der Waals surface area (Å²) in [5.41, 5.74) is 1.36. The van der Waals surface area contributed by atoms with Gasteiger partial charge >= 0.3 is 0 Å². The van der Waals surface area contributed by atoms with E-state index in [1.54, 1.807) is 0 Å². The Morgan fingerprint density at radius 1 is 1.47 bits per heavy atom. The lowest BCUT2D eigenvalue weighted by atomic mass is 10.1. The van der Waals surface area contributed by atoms with E-state index in [0.29, 0.717) is 6.04 Å². The molecule has 1 fully saturated rings. The summed E-state index contributed by atoms with van der Waals surface area (Å²) in [6.45, 7) is 3.89. The third-order valence-corrected chi connectivity index (χ3v) is 2.63. The van der Waals surface area contributed by atoms with Crippen LogP contribution >= 0.6 is 12.4 Å². The van der Waals surface area contributed by atoms with Gasteiger partial charge in [0.25, 0.3) is 0 Å². The van der Waals surface area contributed by atoms with Crippen LogP contribution in [0, 0.1) is 0 Å². The molecule has 2 rings (SSSR count). The van der Waals surface area contributed by atoms with Crippen molar-refractivity contribution in [1.82, 2.24) is 5.32 Å². The minimum absolute atomic E-state index is 0. The van der Waals surface area contributed by atoms with E-state index in [-0.39, 0.29) is 12.4 Å². The van der Waals surface area contributed by atoms with Gasteiger partial charge in [0.15, 0.2) is 0 Å². The van der Waals surface area contributed by atoms with Crippen LogP contribution in [0.3, 0.4) is 0 Å². The third-order valence-electron chi connectivity index (χ3n) is 2.63. The molecular weight excluding hydrogens is 210 g/mol. The normalized spacial score (nSPS) is 19.7. The molecule has 0 bridgehead atoms. The highest BCUT2D eigenvalue weighted by Gasteiger charge is 2.15. The standard InChI is InChI=1S/C12H17NO.ClH/c1-2-14-11-6-3-5-10(9-11)12-7-4-8-13-12;/h3,5-6,9,12-13H,2,4,7-8H2,1H3;1H/t12-;/m0./s1. The van der Waals surface area contributed by atoms with Crippen molar-refractivity contribution < 1.29 is 4.74 Å². The molecule has 3 heteroatoms. The molecule has 0 aromatic heterocycles. The Morgan fingerprint density at radius 2 is 2.33 bits per heavy atom. The van der Waals surface area contributed by atoms with Crippen molar-refractivity contribution in [2.24, 2.45) is 0 Å². The van der Waals surface area contributed by atoms with Crippen LogP contribution in [-0.2, 0) is 0 Å². The number of benzene rings is 1. The summed E-state index contributed by atoms with van der Waals surface area (Å²) >= 11 is 0. The molecule has 0 spiro atoms. The average Bonchev–Trinajstić information content (AvgIpc) is 2.71. The maximum atomic E-state index is 5.48. The Morgan fingerprint density at radius 3 is 3.00 bits per heavy atom. The van der Waals surface area contributed by atoms with Gasteiger partial charge in [-0.1, -0.05) is 12.1 Å². The molecule has 1 atom stereocenters. The molecule has 1 aliphatic heterocycles. The number of hydrogen-bond donors (Lipinski definition) is 1. The first-order valence-corrected chi connectivity index (χ1v) is 5.36. The van der Waals surface area contributed by atoms with E-state index in [1.165, 1.54) is 18.4 Å². The lowest BCUT2D eigenvalue weighted by Crippen LogP contribution is -2.12. The van der Waals surface area contributed by atoms with Crippen LogP contribution in [0.15, 0.2) is 24.3 Å². The lowest BCUT2D eigenvalue weighted by Gasteiger charge is -2.12. The Bertz CT molecular complexity index is 297. The van der Waals surface area contributed by atoms with Gasteiger partial charge in [-0.15, -0.1) is 12.4 Å². The number of nitrogens with one attached hydrogen (secondary N) is 1. The predicted molar refractivity (Wildman–Crippen MR) is 64.8 cm³/mol. The fourth-order valence-electron chi connectivity index (χ4n) is 1.96. The van der Waals surface area contributed by atoms with Crippen LogP contribution in [0.4, 0.5) is 0 Å². The van der Waals surface area contributed by atoms with Gasteiger partial charge in [0.2, 0.25) is 0 Å². The van der Waals surface area contributed by atoms with Crippen molar-refractivity contribution in [1.29, 1.82) is 0 Å². The van der Waals surface area contributed by atoms with Crippen LogP contribution in [0.5, 0.6) is 5.75 Å². The van der Waals surface area contributed by atoms with Gasteiger partial charge in [0.05, 0.1) is 6.61 Å². The molecule has 0 amide bonds. The highest BCUT2D eigenvalue weighted by molar-refractivity contribution is 5.85. The minimum atomic E-state index is 0. The van der Waals surface area contributed by atoms with E-state index in [1.807, 2.05) is 13.0 Å². The summed E-state index contributed by atoms with van der Waals surface area (Å²) in [7, 11) is 0. The van der Waals surface area contributed by atoms with Gasteiger partial charge in [0, 0.05) is 6.04 Å². The summed E-state index contributed by atoms with van der Waals surface area (Å²) in [5, 5.41) is 3.49. The molecule has 1 heterocycles. The first-order valence-electron chi connectivity index (χ1n) is 5.36. The van der Waals surface area contributed by atoms with Crippen LogP contribution < -0.4 is 10.1 Å². The van der Waals surface area contributed by atoms with Crippen LogP contribution in [0.1, 0.15) is 31.4 Å². The molecule has 0 saturated carbocycles. The molecule has 1 aromatic rings. The third kappa shape index (κ3) is 3.11. The van der Waals surface area contributed by atoms with E-state index >= 15 is 0 Å². The largest absolute Gasteiger partial charge is 0.494 e. The molecule has 84 valence electrons. The molecule has 15 heavy (non-hydrogen) atoms. The first kappa shape index (κ1) is 12.3. The van der Waals surface area contributed by atoms with Crippen molar-refractivity contribution in [2.45, 2.75) is 25.8 Å². The smallest absolute Gasteiger partial charge is 0.119 e. The van der Waals surface area contributed by atoms with E-state index in [0.717, 1.165) is 18.9 Å². The van der Waals surface area contributed by atoms with Crippen LogP contribution in [-0.4, -0.2) is 13.2 Å². The van der Waals surface area contributed by atoms with Gasteiger partial charge in [-0.05, 0) is 44.0 Å². The first-order chi connectivity index (χ1) is 6.90. The van der Waals surface area contributed by atoms with Crippen LogP contribution in [0.25, 0.3) is 0 Å². The Hall–Kier alpha value is -0.730. The van der Waals surface area contributed by atoms with Crippen molar-refractivity contribution in [3.05, 3.63) is 29.8 Å². The van der Waals surface area contributed by atoms with Gasteiger partial charge in [0.1, 0.15) is 5.75 Å². The monoisotopic (exact) mass is 227 g/mol. The number of rotatable bonds is 3. The van der Waals surface area contributed by atoms with Crippen molar-refractivity contribution in [3.63, 3.8) is 0 Å². The second-order valence-corrected chi connectivity index (χ2v) is 3.65. The zero-order valence-corrected chi connectivity index (χ0v) is 9.85. The SMILES string of the molecule is CCOc1cccc([C@@H]2CCCN2)c1.Cl. The van der Waals surface area contributed by atoms with Gasteiger partial charge in [-0.2, -0.15) is 0 Å². The maximum absolute atomic E-state index is 5.48. The topological polar surface area (TPSA) is 21.3 Å². The molecule has 1 aromatic carbocycles. The van der Waals surface area contributed by atoms with E-state index in [9.17, 15) is 0 Å². The van der Waals surface area contributed by atoms with E-state index in [4.69, 9.17) is 4.74 Å². The quantitative estimate of drug-likeness (QED) is 0.858. The highest BCUT2D eigenvalue weighted by Crippen LogP contribution is 2.25. The zero-order chi connectivity index (χ0) is 9.80. The number of halogens is 1. The van der Waals surface area contributed by atoms with Crippen LogP contribution in [0.2, 0.25) is 0 Å². The molecule has 2 nitrogen and oxygen atoms in total. The highest BCUT2D eigenvalue weighted by atomic mass is 35.5. The Kier molecular flexibility index (Phi) is 4.92. The molecule has 0 aliphatic carbocycles. The lowest BCUT2D eigenvalue weighted by molar-refractivity contribution is 0.339. The fraction of sp³-hybridized carbons (Fsp3) is 0.500.